The third-order valence-corrected chi connectivity index (χ3v) is 4.08. The zero-order chi connectivity index (χ0) is 17.0. The van der Waals surface area contributed by atoms with Crippen molar-refractivity contribution in [3.05, 3.63) is 35.4 Å². The SMILES string of the molecule is CNC(=O)[C@H]1CN(C(=O)Cc2cccc(C)c2)C[C@@H]1NC(C)=O. The fourth-order valence-electron chi connectivity index (χ4n) is 2.97. The van der Waals surface area contributed by atoms with E-state index < -0.39 is 5.92 Å². The van der Waals surface area contributed by atoms with E-state index in [-0.39, 0.29) is 23.8 Å². The lowest BCUT2D eigenvalue weighted by molar-refractivity contribution is -0.130. The number of carbonyl (C=O) groups is 3. The first-order valence-corrected chi connectivity index (χ1v) is 7.72. The Kier molecular flexibility index (Phi) is 5.36. The minimum atomic E-state index is -0.412. The number of benzene rings is 1. The number of hydrogen-bond donors (Lipinski definition) is 2. The fourth-order valence-corrected chi connectivity index (χ4v) is 2.97. The van der Waals surface area contributed by atoms with Gasteiger partial charge in [-0.1, -0.05) is 29.8 Å². The van der Waals surface area contributed by atoms with Crippen LogP contribution in [-0.2, 0) is 20.8 Å². The van der Waals surface area contributed by atoms with Gasteiger partial charge in [0.2, 0.25) is 17.7 Å². The normalized spacial score (nSPS) is 20.2. The van der Waals surface area contributed by atoms with Gasteiger partial charge in [0.15, 0.2) is 0 Å². The van der Waals surface area contributed by atoms with Crippen LogP contribution in [0.3, 0.4) is 0 Å². The van der Waals surface area contributed by atoms with E-state index in [1.807, 2.05) is 31.2 Å². The van der Waals surface area contributed by atoms with Crippen molar-refractivity contribution in [2.45, 2.75) is 26.3 Å². The Morgan fingerprint density at radius 1 is 1.26 bits per heavy atom. The molecule has 1 fully saturated rings. The maximum absolute atomic E-state index is 12.5. The summed E-state index contributed by atoms with van der Waals surface area (Å²) in [4.78, 5) is 37.4. The van der Waals surface area contributed by atoms with Crippen LogP contribution in [0, 0.1) is 12.8 Å². The minimum Gasteiger partial charge on any atom is -0.359 e. The van der Waals surface area contributed by atoms with Gasteiger partial charge in [0.05, 0.1) is 18.4 Å². The molecule has 1 aromatic rings. The maximum Gasteiger partial charge on any atom is 0.227 e. The van der Waals surface area contributed by atoms with E-state index in [1.54, 1.807) is 11.9 Å². The Balaban J connectivity index is 2.06. The van der Waals surface area contributed by atoms with Crippen molar-refractivity contribution in [2.75, 3.05) is 20.1 Å². The molecule has 23 heavy (non-hydrogen) atoms. The van der Waals surface area contributed by atoms with Gasteiger partial charge < -0.3 is 15.5 Å². The molecule has 3 amide bonds. The highest BCUT2D eigenvalue weighted by Gasteiger charge is 2.39. The summed E-state index contributed by atoms with van der Waals surface area (Å²) < 4.78 is 0. The van der Waals surface area contributed by atoms with Gasteiger partial charge in [-0.3, -0.25) is 14.4 Å². The summed E-state index contributed by atoms with van der Waals surface area (Å²) in [5.41, 5.74) is 2.06. The summed E-state index contributed by atoms with van der Waals surface area (Å²) in [7, 11) is 1.56. The lowest BCUT2D eigenvalue weighted by Gasteiger charge is -2.17. The Labute approximate surface area is 136 Å². The van der Waals surface area contributed by atoms with E-state index in [2.05, 4.69) is 10.6 Å². The van der Waals surface area contributed by atoms with E-state index >= 15 is 0 Å². The number of rotatable bonds is 4. The van der Waals surface area contributed by atoms with Crippen LogP contribution in [0.5, 0.6) is 0 Å². The molecular weight excluding hydrogens is 294 g/mol. The standard InChI is InChI=1S/C17H23N3O3/c1-11-5-4-6-13(7-11)8-16(22)20-9-14(17(23)18-3)15(10-20)19-12(2)21/h4-7,14-15H,8-10H2,1-3H3,(H,18,23)(H,19,21)/t14-,15-/m0/s1. The van der Waals surface area contributed by atoms with Crippen LogP contribution in [0.4, 0.5) is 0 Å². The van der Waals surface area contributed by atoms with Crippen LogP contribution in [-0.4, -0.2) is 48.8 Å². The second kappa shape index (κ2) is 7.26. The monoisotopic (exact) mass is 317 g/mol. The molecule has 6 nitrogen and oxygen atoms in total. The molecule has 6 heteroatoms. The summed E-state index contributed by atoms with van der Waals surface area (Å²) in [6.45, 7) is 4.09. The molecule has 0 unspecified atom stereocenters. The first kappa shape index (κ1) is 17.0. The first-order valence-electron chi connectivity index (χ1n) is 7.72. The van der Waals surface area contributed by atoms with Crippen LogP contribution < -0.4 is 10.6 Å². The summed E-state index contributed by atoms with van der Waals surface area (Å²) >= 11 is 0. The van der Waals surface area contributed by atoms with E-state index in [0.717, 1.165) is 11.1 Å². The predicted octanol–water partition coefficient (Wildman–Crippen LogP) is 0.247. The first-order chi connectivity index (χ1) is 10.9. The molecule has 0 spiro atoms. The number of hydrogen-bond acceptors (Lipinski definition) is 3. The van der Waals surface area contributed by atoms with Crippen LogP contribution in [0.25, 0.3) is 0 Å². The highest BCUT2D eigenvalue weighted by Crippen LogP contribution is 2.19. The molecule has 1 aliphatic heterocycles. The number of likely N-dealkylation sites (tertiary alicyclic amines) is 1. The van der Waals surface area contributed by atoms with Crippen LogP contribution in [0.1, 0.15) is 18.1 Å². The van der Waals surface area contributed by atoms with Gasteiger partial charge in [0.25, 0.3) is 0 Å². The van der Waals surface area contributed by atoms with Crippen molar-refractivity contribution in [1.29, 1.82) is 0 Å². The zero-order valence-electron chi connectivity index (χ0n) is 13.8. The van der Waals surface area contributed by atoms with Crippen molar-refractivity contribution in [1.82, 2.24) is 15.5 Å². The zero-order valence-corrected chi connectivity index (χ0v) is 13.8. The van der Waals surface area contributed by atoms with Gasteiger partial charge in [-0.15, -0.1) is 0 Å². The Morgan fingerprint density at radius 2 is 2.00 bits per heavy atom. The molecule has 1 aromatic carbocycles. The van der Waals surface area contributed by atoms with Crippen molar-refractivity contribution in [2.24, 2.45) is 5.92 Å². The molecular formula is C17H23N3O3. The number of amides is 3. The quantitative estimate of drug-likeness (QED) is 0.835. The van der Waals surface area contributed by atoms with E-state index in [9.17, 15) is 14.4 Å². The smallest absolute Gasteiger partial charge is 0.227 e. The molecule has 0 bridgehead atoms. The molecule has 2 atom stereocenters. The molecule has 0 saturated carbocycles. The molecule has 0 aliphatic carbocycles. The van der Waals surface area contributed by atoms with Crippen molar-refractivity contribution < 1.29 is 14.4 Å². The molecule has 1 heterocycles. The number of nitrogens with zero attached hydrogens (tertiary/aromatic N) is 1. The second-order valence-corrected chi connectivity index (χ2v) is 5.99. The van der Waals surface area contributed by atoms with Gasteiger partial charge in [0.1, 0.15) is 0 Å². The van der Waals surface area contributed by atoms with Crippen molar-refractivity contribution in [3.63, 3.8) is 0 Å². The van der Waals surface area contributed by atoms with Crippen LogP contribution in [0.15, 0.2) is 24.3 Å². The van der Waals surface area contributed by atoms with Gasteiger partial charge in [-0.05, 0) is 12.5 Å². The second-order valence-electron chi connectivity index (χ2n) is 5.99. The largest absolute Gasteiger partial charge is 0.359 e. The predicted molar refractivity (Wildman–Crippen MR) is 86.6 cm³/mol. The van der Waals surface area contributed by atoms with Crippen molar-refractivity contribution >= 4 is 17.7 Å². The number of aryl methyl sites for hydroxylation is 1. The van der Waals surface area contributed by atoms with Gasteiger partial charge in [0, 0.05) is 27.1 Å². The summed E-state index contributed by atoms with van der Waals surface area (Å²) in [6, 6.07) is 7.47. The van der Waals surface area contributed by atoms with Gasteiger partial charge >= 0.3 is 0 Å². The van der Waals surface area contributed by atoms with E-state index in [0.29, 0.717) is 19.5 Å². The average molecular weight is 317 g/mol. The molecule has 2 rings (SSSR count). The Bertz CT molecular complexity index is 615. The average Bonchev–Trinajstić information content (AvgIpc) is 2.89. The molecule has 0 aromatic heterocycles. The Morgan fingerprint density at radius 3 is 2.61 bits per heavy atom. The maximum atomic E-state index is 12.5. The summed E-state index contributed by atoms with van der Waals surface area (Å²) in [6.07, 6.45) is 0.301. The highest BCUT2D eigenvalue weighted by atomic mass is 16.2. The molecule has 2 N–H and O–H groups in total. The third-order valence-electron chi connectivity index (χ3n) is 4.08. The Hall–Kier alpha value is -2.37. The highest BCUT2D eigenvalue weighted by molar-refractivity contribution is 5.84. The topological polar surface area (TPSA) is 78.5 Å². The third kappa shape index (κ3) is 4.31. The molecule has 1 saturated heterocycles. The van der Waals surface area contributed by atoms with E-state index in [1.165, 1.54) is 6.92 Å². The lowest BCUT2D eigenvalue weighted by atomic mass is 10.0. The molecule has 0 radical (unpaired) electrons. The minimum absolute atomic E-state index is 0.0302. The summed E-state index contributed by atoms with van der Waals surface area (Å²) in [5.74, 6) is -0.797. The fraction of sp³-hybridized carbons (Fsp3) is 0.471. The van der Waals surface area contributed by atoms with Crippen LogP contribution in [0.2, 0.25) is 0 Å². The number of carbonyl (C=O) groups excluding carboxylic acids is 3. The molecule has 1 aliphatic rings. The molecule has 124 valence electrons. The van der Waals surface area contributed by atoms with Crippen molar-refractivity contribution in [3.8, 4) is 0 Å². The van der Waals surface area contributed by atoms with E-state index in [4.69, 9.17) is 0 Å². The van der Waals surface area contributed by atoms with Gasteiger partial charge in [-0.2, -0.15) is 0 Å². The summed E-state index contributed by atoms with van der Waals surface area (Å²) in [5, 5.41) is 5.37. The van der Waals surface area contributed by atoms with Gasteiger partial charge in [-0.25, -0.2) is 0 Å². The number of nitrogens with one attached hydrogen (secondary N) is 2. The lowest BCUT2D eigenvalue weighted by Crippen LogP contribution is -2.44. The van der Waals surface area contributed by atoms with Crippen LogP contribution >= 0.6 is 0 Å².